The Morgan fingerprint density at radius 3 is 2.38 bits per heavy atom. The highest BCUT2D eigenvalue weighted by Crippen LogP contribution is 2.27. The molecular weight excluding hydrogens is 328 g/mol. The van der Waals surface area contributed by atoms with Gasteiger partial charge >= 0.3 is 0 Å². The van der Waals surface area contributed by atoms with Gasteiger partial charge in [-0.2, -0.15) is 0 Å². The summed E-state index contributed by atoms with van der Waals surface area (Å²) in [6.45, 7) is 7.32. The zero-order valence-corrected chi connectivity index (χ0v) is 15.3. The highest BCUT2D eigenvalue weighted by molar-refractivity contribution is 5.54. The molecule has 2 aromatic heterocycles. The molecule has 2 N–H and O–H groups in total. The first-order chi connectivity index (χ1) is 12.2. The van der Waals surface area contributed by atoms with E-state index < -0.39 is 5.60 Å². The summed E-state index contributed by atoms with van der Waals surface area (Å²) in [5.74, 6) is 0.582. The van der Waals surface area contributed by atoms with Crippen LogP contribution in [0.1, 0.15) is 49.3 Å². The molecule has 3 aromatic rings. The summed E-state index contributed by atoms with van der Waals surface area (Å²) in [5, 5.41) is 10.1. The van der Waals surface area contributed by atoms with Gasteiger partial charge in [-0.1, -0.05) is 31.2 Å². The summed E-state index contributed by atoms with van der Waals surface area (Å²) in [5.41, 5.74) is 2.85. The SMILES string of the molecule is Cc1nc(-c2cc([C@@H](C)c3ccc(C(C)(C)O)cc3)ncn2)cc(=O)[nH]1. The van der Waals surface area contributed by atoms with Crippen molar-refractivity contribution in [2.75, 3.05) is 0 Å². The first-order valence-corrected chi connectivity index (χ1v) is 8.47. The van der Waals surface area contributed by atoms with Crippen LogP contribution < -0.4 is 5.56 Å². The number of aryl methyl sites for hydroxylation is 1. The molecule has 0 saturated carbocycles. The van der Waals surface area contributed by atoms with Crippen LogP contribution in [-0.2, 0) is 5.60 Å². The van der Waals surface area contributed by atoms with Crippen molar-refractivity contribution in [2.45, 2.75) is 39.2 Å². The standard InChI is InChI=1S/C20H22N4O2/c1-12(14-5-7-15(8-6-14)20(3,4)26)16-9-17(22-11-21-16)18-10-19(25)24-13(2)23-18/h5-12,26H,1-4H3,(H,23,24,25)/t12-/m0/s1. The maximum Gasteiger partial charge on any atom is 0.251 e. The van der Waals surface area contributed by atoms with E-state index in [1.54, 1.807) is 20.8 Å². The monoisotopic (exact) mass is 350 g/mol. The Labute approximate surface area is 152 Å². The van der Waals surface area contributed by atoms with Crippen molar-refractivity contribution in [1.82, 2.24) is 19.9 Å². The number of aromatic amines is 1. The van der Waals surface area contributed by atoms with Crippen molar-refractivity contribution in [3.8, 4) is 11.4 Å². The number of benzene rings is 1. The molecule has 0 aliphatic heterocycles. The number of nitrogens with zero attached hydrogens (tertiary/aromatic N) is 3. The Hall–Kier alpha value is -2.86. The fourth-order valence-electron chi connectivity index (χ4n) is 2.81. The molecule has 6 nitrogen and oxygen atoms in total. The minimum Gasteiger partial charge on any atom is -0.386 e. The lowest BCUT2D eigenvalue weighted by Crippen LogP contribution is -2.15. The summed E-state index contributed by atoms with van der Waals surface area (Å²) in [6.07, 6.45) is 1.49. The van der Waals surface area contributed by atoms with Crippen LogP contribution in [0.25, 0.3) is 11.4 Å². The van der Waals surface area contributed by atoms with E-state index in [2.05, 4.69) is 26.9 Å². The van der Waals surface area contributed by atoms with Gasteiger partial charge in [-0.15, -0.1) is 0 Å². The van der Waals surface area contributed by atoms with Crippen molar-refractivity contribution >= 4 is 0 Å². The molecule has 26 heavy (non-hydrogen) atoms. The second-order valence-electron chi connectivity index (χ2n) is 6.95. The fraction of sp³-hybridized carbons (Fsp3) is 0.300. The molecule has 1 atom stereocenters. The van der Waals surface area contributed by atoms with Crippen LogP contribution in [0.2, 0.25) is 0 Å². The van der Waals surface area contributed by atoms with Gasteiger partial charge in [-0.3, -0.25) is 4.79 Å². The molecule has 6 heteroatoms. The van der Waals surface area contributed by atoms with E-state index in [1.807, 2.05) is 30.3 Å². The van der Waals surface area contributed by atoms with Crippen molar-refractivity contribution in [2.24, 2.45) is 0 Å². The van der Waals surface area contributed by atoms with Crippen LogP contribution in [0.15, 0.2) is 47.5 Å². The van der Waals surface area contributed by atoms with Crippen LogP contribution >= 0.6 is 0 Å². The molecular formula is C20H22N4O2. The highest BCUT2D eigenvalue weighted by atomic mass is 16.3. The lowest BCUT2D eigenvalue weighted by Gasteiger charge is -2.19. The molecule has 0 aliphatic carbocycles. The molecule has 1 aromatic carbocycles. The summed E-state index contributed by atoms with van der Waals surface area (Å²) in [7, 11) is 0. The molecule has 0 radical (unpaired) electrons. The molecule has 0 amide bonds. The van der Waals surface area contributed by atoms with E-state index in [0.29, 0.717) is 17.2 Å². The Morgan fingerprint density at radius 1 is 1.08 bits per heavy atom. The number of aliphatic hydroxyl groups is 1. The van der Waals surface area contributed by atoms with Gasteiger partial charge in [0.05, 0.1) is 22.7 Å². The van der Waals surface area contributed by atoms with Crippen molar-refractivity contribution < 1.29 is 5.11 Å². The fourth-order valence-corrected chi connectivity index (χ4v) is 2.81. The maximum atomic E-state index is 11.7. The van der Waals surface area contributed by atoms with Crippen LogP contribution in [-0.4, -0.2) is 25.0 Å². The molecule has 2 heterocycles. The van der Waals surface area contributed by atoms with Crippen molar-refractivity contribution in [3.05, 3.63) is 75.7 Å². The largest absolute Gasteiger partial charge is 0.386 e. The van der Waals surface area contributed by atoms with Gasteiger partial charge in [-0.05, 0) is 38.0 Å². The van der Waals surface area contributed by atoms with Crippen LogP contribution in [0.3, 0.4) is 0 Å². The van der Waals surface area contributed by atoms with Crippen molar-refractivity contribution in [1.29, 1.82) is 0 Å². The first kappa shape index (κ1) is 17.9. The average molecular weight is 350 g/mol. The van der Waals surface area contributed by atoms with Gasteiger partial charge in [0.1, 0.15) is 12.2 Å². The molecule has 0 fully saturated rings. The Kier molecular flexibility index (Phi) is 4.70. The maximum absolute atomic E-state index is 11.7. The molecule has 0 saturated heterocycles. The normalized spacial score (nSPS) is 12.8. The quantitative estimate of drug-likeness (QED) is 0.755. The molecule has 0 spiro atoms. The number of hydrogen-bond donors (Lipinski definition) is 2. The first-order valence-electron chi connectivity index (χ1n) is 8.47. The van der Waals surface area contributed by atoms with Gasteiger partial charge in [0.15, 0.2) is 0 Å². The van der Waals surface area contributed by atoms with Gasteiger partial charge in [-0.25, -0.2) is 15.0 Å². The van der Waals surface area contributed by atoms with E-state index >= 15 is 0 Å². The second-order valence-corrected chi connectivity index (χ2v) is 6.95. The van der Waals surface area contributed by atoms with Gasteiger partial charge in [0, 0.05) is 12.0 Å². The Bertz CT molecular complexity index is 972. The lowest BCUT2D eigenvalue weighted by atomic mass is 9.92. The number of H-pyrrole nitrogens is 1. The van der Waals surface area contributed by atoms with E-state index in [4.69, 9.17) is 0 Å². The van der Waals surface area contributed by atoms with Gasteiger partial charge in [0.2, 0.25) is 0 Å². The third-order valence-corrected chi connectivity index (χ3v) is 4.37. The summed E-state index contributed by atoms with van der Waals surface area (Å²) < 4.78 is 0. The topological polar surface area (TPSA) is 91.8 Å². The highest BCUT2D eigenvalue weighted by Gasteiger charge is 2.17. The summed E-state index contributed by atoms with van der Waals surface area (Å²) >= 11 is 0. The zero-order valence-electron chi connectivity index (χ0n) is 15.3. The number of hydrogen-bond acceptors (Lipinski definition) is 5. The Morgan fingerprint density at radius 2 is 1.77 bits per heavy atom. The lowest BCUT2D eigenvalue weighted by molar-refractivity contribution is 0.0786. The number of nitrogens with one attached hydrogen (secondary N) is 1. The third-order valence-electron chi connectivity index (χ3n) is 4.37. The van der Waals surface area contributed by atoms with E-state index in [-0.39, 0.29) is 11.5 Å². The van der Waals surface area contributed by atoms with Crippen molar-refractivity contribution in [3.63, 3.8) is 0 Å². The molecule has 0 aliphatic rings. The van der Waals surface area contributed by atoms with Crippen LogP contribution in [0.4, 0.5) is 0 Å². The predicted octanol–water partition coefficient (Wildman–Crippen LogP) is 2.91. The third kappa shape index (κ3) is 3.86. The minimum atomic E-state index is -0.867. The Balaban J connectivity index is 1.93. The smallest absolute Gasteiger partial charge is 0.251 e. The molecule has 134 valence electrons. The van der Waals surface area contributed by atoms with Crippen LogP contribution in [0.5, 0.6) is 0 Å². The van der Waals surface area contributed by atoms with E-state index in [0.717, 1.165) is 16.8 Å². The second kappa shape index (κ2) is 6.80. The zero-order chi connectivity index (χ0) is 18.9. The average Bonchev–Trinajstić information content (AvgIpc) is 2.60. The molecule has 3 rings (SSSR count). The van der Waals surface area contributed by atoms with E-state index in [1.165, 1.54) is 12.4 Å². The summed E-state index contributed by atoms with van der Waals surface area (Å²) in [6, 6.07) is 11.1. The van der Waals surface area contributed by atoms with Gasteiger partial charge in [0.25, 0.3) is 5.56 Å². The molecule has 0 bridgehead atoms. The molecule has 0 unspecified atom stereocenters. The predicted molar refractivity (Wildman–Crippen MR) is 99.8 cm³/mol. The van der Waals surface area contributed by atoms with Crippen LogP contribution in [0, 0.1) is 6.92 Å². The van der Waals surface area contributed by atoms with Gasteiger partial charge < -0.3 is 10.1 Å². The number of aromatic nitrogens is 4. The van der Waals surface area contributed by atoms with E-state index in [9.17, 15) is 9.90 Å². The minimum absolute atomic E-state index is 0.0377. The summed E-state index contributed by atoms with van der Waals surface area (Å²) in [4.78, 5) is 27.3. The number of rotatable bonds is 4.